The predicted octanol–water partition coefficient (Wildman–Crippen LogP) is 3.35. The van der Waals surface area contributed by atoms with Crippen LogP contribution < -0.4 is 5.73 Å². The Balaban J connectivity index is 1.81. The third kappa shape index (κ3) is 3.10. The van der Waals surface area contributed by atoms with Crippen LogP contribution in [0.15, 0.2) is 18.2 Å². The number of benzene rings is 1. The zero-order valence-electron chi connectivity index (χ0n) is 11.0. The van der Waals surface area contributed by atoms with Gasteiger partial charge in [-0.1, -0.05) is 17.7 Å². The van der Waals surface area contributed by atoms with Gasteiger partial charge in [0.1, 0.15) is 5.82 Å². The first-order valence-electron chi connectivity index (χ1n) is 7.10. The Morgan fingerprint density at radius 1 is 1.32 bits per heavy atom. The van der Waals surface area contributed by atoms with Crippen LogP contribution >= 0.6 is 11.6 Å². The molecule has 1 unspecified atom stereocenters. The van der Waals surface area contributed by atoms with Gasteiger partial charge in [-0.05, 0) is 49.3 Å². The molecular weight excluding hydrogens is 263 g/mol. The van der Waals surface area contributed by atoms with Crippen LogP contribution in [-0.4, -0.2) is 24.0 Å². The predicted molar refractivity (Wildman–Crippen MR) is 75.7 cm³/mol. The van der Waals surface area contributed by atoms with Crippen molar-refractivity contribution in [2.75, 3.05) is 13.1 Å². The smallest absolute Gasteiger partial charge is 0.142 e. The molecule has 2 saturated carbocycles. The van der Waals surface area contributed by atoms with E-state index >= 15 is 0 Å². The zero-order valence-corrected chi connectivity index (χ0v) is 11.7. The first-order valence-corrected chi connectivity index (χ1v) is 7.47. The van der Waals surface area contributed by atoms with Crippen LogP contribution in [0.4, 0.5) is 4.39 Å². The molecule has 1 atom stereocenters. The van der Waals surface area contributed by atoms with Gasteiger partial charge in [-0.2, -0.15) is 0 Å². The summed E-state index contributed by atoms with van der Waals surface area (Å²) in [5.41, 5.74) is 6.91. The highest BCUT2D eigenvalue weighted by Crippen LogP contribution is 2.39. The molecule has 0 aromatic heterocycles. The summed E-state index contributed by atoms with van der Waals surface area (Å²) in [6.07, 6.45) is 5.16. The Morgan fingerprint density at radius 2 is 2.05 bits per heavy atom. The van der Waals surface area contributed by atoms with Crippen LogP contribution in [0.1, 0.15) is 37.3 Å². The molecule has 4 heteroatoms. The number of nitrogens with zero attached hydrogens (tertiary/aromatic N) is 1. The summed E-state index contributed by atoms with van der Waals surface area (Å²) in [5, 5.41) is 0.180. The van der Waals surface area contributed by atoms with E-state index in [4.69, 9.17) is 17.3 Å². The molecule has 2 nitrogen and oxygen atoms in total. The number of halogens is 2. The summed E-state index contributed by atoms with van der Waals surface area (Å²) in [5.74, 6) is 0.478. The van der Waals surface area contributed by atoms with E-state index in [9.17, 15) is 4.39 Å². The second-order valence-electron chi connectivity index (χ2n) is 5.80. The maximum Gasteiger partial charge on any atom is 0.142 e. The van der Waals surface area contributed by atoms with Gasteiger partial charge in [0.25, 0.3) is 0 Å². The van der Waals surface area contributed by atoms with E-state index in [0.29, 0.717) is 12.6 Å². The van der Waals surface area contributed by atoms with Crippen molar-refractivity contribution in [1.82, 2.24) is 4.90 Å². The minimum absolute atomic E-state index is 0.125. The third-order valence-electron chi connectivity index (χ3n) is 4.13. The van der Waals surface area contributed by atoms with Crippen molar-refractivity contribution in [3.05, 3.63) is 34.6 Å². The second-order valence-corrected chi connectivity index (χ2v) is 6.20. The average molecular weight is 283 g/mol. The minimum Gasteiger partial charge on any atom is -0.329 e. The Morgan fingerprint density at radius 3 is 2.58 bits per heavy atom. The molecule has 104 valence electrons. The molecule has 0 aliphatic heterocycles. The molecule has 0 spiro atoms. The van der Waals surface area contributed by atoms with Crippen LogP contribution in [0, 0.1) is 11.7 Å². The second kappa shape index (κ2) is 5.39. The summed E-state index contributed by atoms with van der Waals surface area (Å²) in [6.45, 7) is 1.64. The quantitative estimate of drug-likeness (QED) is 0.867. The van der Waals surface area contributed by atoms with Gasteiger partial charge in [-0.15, -0.1) is 0 Å². The van der Waals surface area contributed by atoms with Crippen LogP contribution in [0.3, 0.4) is 0 Å². The fourth-order valence-corrected chi connectivity index (χ4v) is 2.84. The Kier molecular flexibility index (Phi) is 3.79. The van der Waals surface area contributed by atoms with Gasteiger partial charge in [0, 0.05) is 25.2 Å². The van der Waals surface area contributed by atoms with Crippen LogP contribution in [0.5, 0.6) is 0 Å². The van der Waals surface area contributed by atoms with E-state index in [1.54, 1.807) is 12.1 Å². The van der Waals surface area contributed by atoms with Crippen molar-refractivity contribution in [3.8, 4) is 0 Å². The zero-order chi connectivity index (χ0) is 13.4. The maximum atomic E-state index is 13.6. The summed E-state index contributed by atoms with van der Waals surface area (Å²) in [7, 11) is 0. The normalized spacial score (nSPS) is 20.8. The molecule has 2 fully saturated rings. The molecule has 1 aromatic carbocycles. The Labute approximate surface area is 118 Å². The van der Waals surface area contributed by atoms with Gasteiger partial charge in [0.2, 0.25) is 0 Å². The van der Waals surface area contributed by atoms with E-state index in [1.165, 1.54) is 25.7 Å². The van der Waals surface area contributed by atoms with Gasteiger partial charge in [0.15, 0.2) is 0 Å². The summed E-state index contributed by atoms with van der Waals surface area (Å²) >= 11 is 5.76. The molecule has 0 heterocycles. The monoisotopic (exact) mass is 282 g/mol. The van der Waals surface area contributed by atoms with Crippen LogP contribution in [0.25, 0.3) is 0 Å². The fourth-order valence-electron chi connectivity index (χ4n) is 2.72. The van der Waals surface area contributed by atoms with Gasteiger partial charge >= 0.3 is 0 Å². The lowest BCUT2D eigenvalue weighted by Gasteiger charge is -2.31. The topological polar surface area (TPSA) is 29.3 Å². The lowest BCUT2D eigenvalue weighted by atomic mass is 10.0. The third-order valence-corrected chi connectivity index (χ3v) is 4.44. The summed E-state index contributed by atoms with van der Waals surface area (Å²) in [6, 6.07) is 5.86. The molecular formula is C15H20ClFN2. The highest BCUT2D eigenvalue weighted by atomic mass is 35.5. The Bertz CT molecular complexity index is 457. The molecule has 3 rings (SSSR count). The van der Waals surface area contributed by atoms with Crippen molar-refractivity contribution in [3.63, 3.8) is 0 Å². The highest BCUT2D eigenvalue weighted by molar-refractivity contribution is 6.30. The van der Waals surface area contributed by atoms with Crippen molar-refractivity contribution in [1.29, 1.82) is 0 Å². The average Bonchev–Trinajstić information content (AvgIpc) is 3.27. The van der Waals surface area contributed by atoms with E-state index < -0.39 is 0 Å². The molecule has 2 aliphatic rings. The van der Waals surface area contributed by atoms with E-state index in [1.807, 2.05) is 6.07 Å². The lowest BCUT2D eigenvalue weighted by Crippen LogP contribution is -2.37. The first-order chi connectivity index (χ1) is 9.19. The molecule has 1 aromatic rings. The summed E-state index contributed by atoms with van der Waals surface area (Å²) in [4.78, 5) is 2.49. The van der Waals surface area contributed by atoms with Gasteiger partial charge < -0.3 is 5.73 Å². The minimum atomic E-state index is -0.347. The molecule has 0 amide bonds. The van der Waals surface area contributed by atoms with Crippen molar-refractivity contribution >= 4 is 11.6 Å². The Hall–Kier alpha value is -0.640. The van der Waals surface area contributed by atoms with E-state index in [-0.39, 0.29) is 16.9 Å². The number of hydrogen-bond acceptors (Lipinski definition) is 2. The molecule has 2 N–H and O–H groups in total. The van der Waals surface area contributed by atoms with E-state index in [2.05, 4.69) is 4.90 Å². The molecule has 0 bridgehead atoms. The van der Waals surface area contributed by atoms with Gasteiger partial charge in [0.05, 0.1) is 5.02 Å². The van der Waals surface area contributed by atoms with Gasteiger partial charge in [-0.25, -0.2) is 4.39 Å². The van der Waals surface area contributed by atoms with Gasteiger partial charge in [-0.3, -0.25) is 4.90 Å². The number of rotatable bonds is 6. The van der Waals surface area contributed by atoms with Crippen LogP contribution in [0.2, 0.25) is 5.02 Å². The number of hydrogen-bond donors (Lipinski definition) is 1. The fraction of sp³-hybridized carbons (Fsp3) is 0.600. The van der Waals surface area contributed by atoms with Crippen molar-refractivity contribution in [2.24, 2.45) is 11.7 Å². The largest absolute Gasteiger partial charge is 0.329 e. The molecule has 0 saturated heterocycles. The molecule has 2 aliphatic carbocycles. The standard InChI is InChI=1S/C15H20ClFN2/c16-13-6-3-11(7-14(13)17)15(8-18)19(12-4-5-12)9-10-1-2-10/h3,6-7,10,12,15H,1-2,4-5,8-9,18H2. The molecule has 19 heavy (non-hydrogen) atoms. The van der Waals surface area contributed by atoms with Crippen molar-refractivity contribution in [2.45, 2.75) is 37.8 Å². The molecule has 0 radical (unpaired) electrons. The SMILES string of the molecule is NCC(c1ccc(Cl)c(F)c1)N(CC1CC1)C1CC1. The summed E-state index contributed by atoms with van der Waals surface area (Å²) < 4.78 is 13.6. The lowest BCUT2D eigenvalue weighted by molar-refractivity contribution is 0.182. The maximum absolute atomic E-state index is 13.6. The first kappa shape index (κ1) is 13.3. The van der Waals surface area contributed by atoms with Crippen molar-refractivity contribution < 1.29 is 4.39 Å². The highest BCUT2D eigenvalue weighted by Gasteiger charge is 2.37. The van der Waals surface area contributed by atoms with Crippen LogP contribution in [-0.2, 0) is 0 Å². The van der Waals surface area contributed by atoms with E-state index in [0.717, 1.165) is 18.0 Å². The number of nitrogens with two attached hydrogens (primary N) is 1.